The van der Waals surface area contributed by atoms with Crippen molar-refractivity contribution < 1.29 is 0 Å². The zero-order valence-corrected chi connectivity index (χ0v) is 32.8. The number of benzene rings is 8. The maximum Gasteiger partial charge on any atom is 0.159 e. The molecule has 2 heterocycles. The molecule has 10 aromatic rings. The summed E-state index contributed by atoms with van der Waals surface area (Å²) in [6.45, 7) is 0. The Kier molecular flexibility index (Phi) is 6.46. The summed E-state index contributed by atoms with van der Waals surface area (Å²) in [6.07, 6.45) is 9.05. The molecule has 8 aromatic carbocycles. The Hall–Kier alpha value is -6.58. The summed E-state index contributed by atoms with van der Waals surface area (Å²) >= 11 is 0. The lowest BCUT2D eigenvalue weighted by Gasteiger charge is -2.61. The van der Waals surface area contributed by atoms with Crippen molar-refractivity contribution in [3.05, 3.63) is 175 Å². The Morgan fingerprint density at radius 3 is 2.05 bits per heavy atom. The molecule has 0 N–H and O–H groups in total. The van der Waals surface area contributed by atoms with Gasteiger partial charge >= 0.3 is 0 Å². The molecule has 59 heavy (non-hydrogen) atoms. The van der Waals surface area contributed by atoms with E-state index in [1.54, 1.807) is 11.1 Å². The molecule has 4 bridgehead atoms. The van der Waals surface area contributed by atoms with Gasteiger partial charge in [0.15, 0.2) is 5.82 Å². The minimum atomic E-state index is 0.122. The Labute approximate surface area is 343 Å². The molecule has 0 aliphatic heterocycles. The van der Waals surface area contributed by atoms with Crippen LogP contribution in [0, 0.1) is 23.7 Å². The molecule has 15 rings (SSSR count). The SMILES string of the molecule is c1ccc(-c2cc3ccccc3c3nc(-c4cccc(-n5c6cc7c(cc6c6ccc8ccccc8c65)C5(c6ccccc6-7)C6CC7CC(C6)CC5C7)c4)ncc23)cc1. The normalized spacial score (nSPS) is 22.6. The van der Waals surface area contributed by atoms with Crippen LogP contribution in [0.5, 0.6) is 0 Å². The molecule has 0 unspecified atom stereocenters. The second-order valence-electron chi connectivity index (χ2n) is 18.2. The van der Waals surface area contributed by atoms with Crippen molar-refractivity contribution in [1.82, 2.24) is 14.5 Å². The molecule has 5 aliphatic rings. The third-order valence-corrected chi connectivity index (χ3v) is 15.4. The monoisotopic (exact) mass is 755 g/mol. The fourth-order valence-electron chi connectivity index (χ4n) is 13.3. The summed E-state index contributed by atoms with van der Waals surface area (Å²) in [4.78, 5) is 10.5. The van der Waals surface area contributed by atoms with Crippen molar-refractivity contribution in [2.45, 2.75) is 37.5 Å². The Morgan fingerprint density at radius 1 is 0.475 bits per heavy atom. The van der Waals surface area contributed by atoms with Gasteiger partial charge in [-0.15, -0.1) is 0 Å². The molecule has 0 amide bonds. The maximum atomic E-state index is 5.39. The van der Waals surface area contributed by atoms with E-state index in [2.05, 4.69) is 162 Å². The third kappa shape index (κ3) is 4.32. The van der Waals surface area contributed by atoms with Gasteiger partial charge in [0, 0.05) is 49.8 Å². The number of hydrogen-bond donors (Lipinski definition) is 0. The van der Waals surface area contributed by atoms with Gasteiger partial charge in [-0.25, -0.2) is 9.97 Å². The van der Waals surface area contributed by atoms with Crippen LogP contribution >= 0.6 is 0 Å². The largest absolute Gasteiger partial charge is 0.309 e. The van der Waals surface area contributed by atoms with Crippen molar-refractivity contribution in [2.75, 3.05) is 0 Å². The Balaban J connectivity index is 1.01. The second-order valence-corrected chi connectivity index (χ2v) is 18.2. The van der Waals surface area contributed by atoms with Crippen molar-refractivity contribution >= 4 is 54.3 Å². The predicted octanol–water partition coefficient (Wildman–Crippen LogP) is 14.1. The highest BCUT2D eigenvalue weighted by Crippen LogP contribution is 2.69. The molecule has 1 spiro atoms. The molecule has 0 saturated heterocycles. The number of rotatable bonds is 3. The first kappa shape index (κ1) is 32.4. The number of aromatic nitrogens is 3. The first-order valence-corrected chi connectivity index (χ1v) is 21.7. The van der Waals surface area contributed by atoms with Crippen LogP contribution in [0.3, 0.4) is 0 Å². The van der Waals surface area contributed by atoms with Crippen LogP contribution in [-0.4, -0.2) is 14.5 Å². The summed E-state index contributed by atoms with van der Waals surface area (Å²) in [6, 6.07) is 58.8. The van der Waals surface area contributed by atoms with E-state index in [-0.39, 0.29) is 5.41 Å². The van der Waals surface area contributed by atoms with E-state index in [1.807, 2.05) is 6.20 Å². The number of nitrogens with zero attached hydrogens (tertiary/aromatic N) is 3. The summed E-state index contributed by atoms with van der Waals surface area (Å²) < 4.78 is 2.55. The summed E-state index contributed by atoms with van der Waals surface area (Å²) in [5, 5.41) is 8.60. The Bertz CT molecular complexity index is 3380. The Morgan fingerprint density at radius 2 is 1.20 bits per heavy atom. The fraction of sp³-hybridized carbons (Fsp3) is 0.179. The van der Waals surface area contributed by atoms with Gasteiger partial charge < -0.3 is 4.57 Å². The van der Waals surface area contributed by atoms with Crippen LogP contribution in [-0.2, 0) is 5.41 Å². The lowest BCUT2D eigenvalue weighted by atomic mass is 9.43. The van der Waals surface area contributed by atoms with Gasteiger partial charge in [-0.1, -0.05) is 127 Å². The van der Waals surface area contributed by atoms with Crippen LogP contribution in [0.15, 0.2) is 164 Å². The smallest absolute Gasteiger partial charge is 0.159 e. The van der Waals surface area contributed by atoms with Gasteiger partial charge in [-0.2, -0.15) is 0 Å². The van der Waals surface area contributed by atoms with Crippen LogP contribution < -0.4 is 0 Å². The van der Waals surface area contributed by atoms with E-state index in [4.69, 9.17) is 9.97 Å². The van der Waals surface area contributed by atoms with E-state index >= 15 is 0 Å². The average molecular weight is 756 g/mol. The van der Waals surface area contributed by atoms with Crippen LogP contribution in [0.4, 0.5) is 0 Å². The van der Waals surface area contributed by atoms with Gasteiger partial charge in [0.25, 0.3) is 0 Å². The first-order valence-electron chi connectivity index (χ1n) is 21.7. The highest BCUT2D eigenvalue weighted by Gasteiger charge is 2.61. The molecule has 3 nitrogen and oxygen atoms in total. The average Bonchev–Trinajstić information content (AvgIpc) is 3.77. The van der Waals surface area contributed by atoms with Gasteiger partial charge in [-0.05, 0) is 130 Å². The van der Waals surface area contributed by atoms with E-state index in [0.29, 0.717) is 0 Å². The minimum Gasteiger partial charge on any atom is -0.309 e. The third-order valence-electron chi connectivity index (χ3n) is 15.4. The van der Waals surface area contributed by atoms with Gasteiger partial charge in [0.1, 0.15) is 0 Å². The maximum absolute atomic E-state index is 5.39. The quantitative estimate of drug-likeness (QED) is 0.168. The molecule has 4 fully saturated rings. The molecule has 2 aromatic heterocycles. The number of fused-ring (bicyclic) bond motifs is 11. The topological polar surface area (TPSA) is 30.7 Å². The molecule has 280 valence electrons. The molecule has 4 saturated carbocycles. The highest BCUT2D eigenvalue weighted by atomic mass is 15.0. The molecular weight excluding hydrogens is 715 g/mol. The summed E-state index contributed by atoms with van der Waals surface area (Å²) in [5.41, 5.74) is 14.2. The van der Waals surface area contributed by atoms with E-state index < -0.39 is 0 Å². The zero-order chi connectivity index (χ0) is 38.4. The van der Waals surface area contributed by atoms with Gasteiger partial charge in [0.2, 0.25) is 0 Å². The molecule has 5 aliphatic carbocycles. The van der Waals surface area contributed by atoms with E-state index in [1.165, 1.54) is 86.8 Å². The fourth-order valence-corrected chi connectivity index (χ4v) is 13.3. The standard InChI is InChI=1S/C56H41N3/c1-2-11-35(12-3-1)46-29-37-14-5-6-17-42(37)53-49(46)32-57-55(58-53)38-15-10-16-41(28-38)59-52-31-47-44-19-8-9-20-50(44)56(39-24-33-23-34(26-39)27-40(56)25-33)51(47)30-48(52)45-22-21-36-13-4-7-18-43(36)54(45)59/h1-22,28-34,39-40H,23-27H2. The van der Waals surface area contributed by atoms with Crippen molar-refractivity contribution in [1.29, 1.82) is 0 Å². The molecule has 3 heteroatoms. The van der Waals surface area contributed by atoms with Crippen LogP contribution in [0.2, 0.25) is 0 Å². The minimum absolute atomic E-state index is 0.122. The van der Waals surface area contributed by atoms with Crippen LogP contribution in [0.25, 0.3) is 93.6 Å². The van der Waals surface area contributed by atoms with E-state index in [9.17, 15) is 0 Å². The van der Waals surface area contributed by atoms with Gasteiger partial charge in [-0.3, -0.25) is 0 Å². The highest BCUT2D eigenvalue weighted by molar-refractivity contribution is 6.20. The lowest BCUT2D eigenvalue weighted by molar-refractivity contribution is -0.0399. The van der Waals surface area contributed by atoms with E-state index in [0.717, 1.165) is 62.6 Å². The lowest BCUT2D eigenvalue weighted by Crippen LogP contribution is -2.55. The van der Waals surface area contributed by atoms with Crippen molar-refractivity contribution in [3.63, 3.8) is 0 Å². The molecular formula is C56H41N3. The second kappa shape index (κ2) is 11.8. The van der Waals surface area contributed by atoms with Gasteiger partial charge in [0.05, 0.1) is 16.6 Å². The zero-order valence-electron chi connectivity index (χ0n) is 32.8. The van der Waals surface area contributed by atoms with Crippen molar-refractivity contribution in [2.24, 2.45) is 23.7 Å². The first-order chi connectivity index (χ1) is 29.2. The molecule has 0 radical (unpaired) electrons. The molecule has 0 atom stereocenters. The van der Waals surface area contributed by atoms with Crippen molar-refractivity contribution in [3.8, 4) is 39.3 Å². The van der Waals surface area contributed by atoms with Crippen LogP contribution in [0.1, 0.15) is 43.2 Å². The summed E-state index contributed by atoms with van der Waals surface area (Å²) in [5.74, 6) is 4.03. The predicted molar refractivity (Wildman–Crippen MR) is 243 cm³/mol. The summed E-state index contributed by atoms with van der Waals surface area (Å²) in [7, 11) is 0. The number of hydrogen-bond acceptors (Lipinski definition) is 2.